The van der Waals surface area contributed by atoms with Crippen LogP contribution in [0.25, 0.3) is 11.3 Å². The molecule has 0 atom stereocenters. The lowest BCUT2D eigenvalue weighted by molar-refractivity contribution is 0.390. The van der Waals surface area contributed by atoms with Crippen molar-refractivity contribution in [2.24, 2.45) is 5.73 Å². The topological polar surface area (TPSA) is 54.7 Å². The van der Waals surface area contributed by atoms with E-state index in [0.717, 1.165) is 37.4 Å². The fourth-order valence-electron chi connectivity index (χ4n) is 2.78. The fraction of sp³-hybridized carbons (Fsp3) is 0.400. The van der Waals surface area contributed by atoms with Crippen molar-refractivity contribution in [1.29, 1.82) is 0 Å². The van der Waals surface area contributed by atoms with Gasteiger partial charge in [-0.1, -0.05) is 0 Å². The zero-order chi connectivity index (χ0) is 14.1. The first-order valence-corrected chi connectivity index (χ1v) is 6.90. The predicted octanol–water partition coefficient (Wildman–Crippen LogP) is 3.34. The van der Waals surface area contributed by atoms with Gasteiger partial charge in [0.1, 0.15) is 0 Å². The molecule has 106 valence electrons. The molecule has 1 aliphatic carbocycles. The Balaban J connectivity index is 1.81. The lowest BCUT2D eigenvalue weighted by atomic mass is 9.84. The van der Waals surface area contributed by atoms with E-state index < -0.39 is 11.6 Å². The summed E-state index contributed by atoms with van der Waals surface area (Å²) in [5, 5.41) is 7.22. The van der Waals surface area contributed by atoms with E-state index in [1.54, 1.807) is 0 Å². The predicted molar refractivity (Wildman–Crippen MR) is 73.1 cm³/mol. The number of halogens is 2. The van der Waals surface area contributed by atoms with Crippen molar-refractivity contribution in [2.75, 3.05) is 0 Å². The van der Waals surface area contributed by atoms with E-state index in [9.17, 15) is 8.78 Å². The van der Waals surface area contributed by atoms with Gasteiger partial charge < -0.3 is 5.73 Å². The van der Waals surface area contributed by atoms with Gasteiger partial charge in [0, 0.05) is 23.2 Å². The van der Waals surface area contributed by atoms with Crippen LogP contribution in [0.2, 0.25) is 0 Å². The molecule has 0 spiro atoms. The van der Waals surface area contributed by atoms with Gasteiger partial charge in [0.15, 0.2) is 11.6 Å². The summed E-state index contributed by atoms with van der Waals surface area (Å²) in [6.45, 7) is 0. The molecule has 2 aromatic rings. The summed E-state index contributed by atoms with van der Waals surface area (Å²) in [4.78, 5) is 0. The van der Waals surface area contributed by atoms with Gasteiger partial charge in [-0.2, -0.15) is 5.10 Å². The van der Waals surface area contributed by atoms with Crippen LogP contribution in [0.3, 0.4) is 0 Å². The number of nitrogens with zero attached hydrogens (tertiary/aromatic N) is 1. The number of rotatable bonds is 2. The fourth-order valence-corrected chi connectivity index (χ4v) is 2.78. The second kappa shape index (κ2) is 5.32. The molecule has 1 aliphatic rings. The highest BCUT2D eigenvalue weighted by Gasteiger charge is 2.22. The standard InChI is InChI=1S/C15H17F2N3/c16-12-6-3-10(7-13(12)17)15-8-14(19-20-15)9-1-4-11(18)5-2-9/h3,6-9,11H,1-2,4-5,18H2,(H,19,20). The normalized spacial score (nSPS) is 22.9. The van der Waals surface area contributed by atoms with Crippen molar-refractivity contribution in [3.05, 3.63) is 41.6 Å². The quantitative estimate of drug-likeness (QED) is 0.884. The Morgan fingerprint density at radius 1 is 1.05 bits per heavy atom. The molecule has 5 heteroatoms. The van der Waals surface area contributed by atoms with E-state index in [2.05, 4.69) is 10.2 Å². The summed E-state index contributed by atoms with van der Waals surface area (Å²) in [6, 6.07) is 6.06. The van der Waals surface area contributed by atoms with E-state index in [4.69, 9.17) is 5.73 Å². The minimum Gasteiger partial charge on any atom is -0.328 e. The maximum atomic E-state index is 13.2. The summed E-state index contributed by atoms with van der Waals surface area (Å²) in [6.07, 6.45) is 4.12. The summed E-state index contributed by atoms with van der Waals surface area (Å²) < 4.78 is 26.2. The second-order valence-corrected chi connectivity index (χ2v) is 5.45. The molecule has 1 aromatic heterocycles. The average Bonchev–Trinajstić information content (AvgIpc) is 2.92. The SMILES string of the molecule is NC1CCC(c2cc(-c3ccc(F)c(F)c3)n[nH]2)CC1. The monoisotopic (exact) mass is 277 g/mol. The number of hydrogen-bond donors (Lipinski definition) is 2. The molecule has 0 bridgehead atoms. The maximum absolute atomic E-state index is 13.2. The molecule has 20 heavy (non-hydrogen) atoms. The molecule has 3 N–H and O–H groups in total. The molecule has 0 amide bonds. The molecule has 3 rings (SSSR count). The van der Waals surface area contributed by atoms with Crippen molar-refractivity contribution in [2.45, 2.75) is 37.6 Å². The summed E-state index contributed by atoms with van der Waals surface area (Å²) in [7, 11) is 0. The van der Waals surface area contributed by atoms with Gasteiger partial charge in [0.05, 0.1) is 5.69 Å². The van der Waals surface area contributed by atoms with Gasteiger partial charge in [-0.15, -0.1) is 0 Å². The number of benzene rings is 1. The van der Waals surface area contributed by atoms with Crippen LogP contribution in [-0.4, -0.2) is 16.2 Å². The van der Waals surface area contributed by atoms with Crippen LogP contribution in [0.1, 0.15) is 37.3 Å². The van der Waals surface area contributed by atoms with E-state index in [-0.39, 0.29) is 0 Å². The van der Waals surface area contributed by atoms with Crippen molar-refractivity contribution in [3.8, 4) is 11.3 Å². The van der Waals surface area contributed by atoms with Crippen LogP contribution in [0.4, 0.5) is 8.78 Å². The molecule has 0 saturated heterocycles. The highest BCUT2D eigenvalue weighted by atomic mass is 19.2. The van der Waals surface area contributed by atoms with E-state index >= 15 is 0 Å². The first-order valence-electron chi connectivity index (χ1n) is 6.90. The Morgan fingerprint density at radius 3 is 2.50 bits per heavy atom. The number of nitrogens with one attached hydrogen (secondary N) is 1. The zero-order valence-corrected chi connectivity index (χ0v) is 11.1. The average molecular weight is 277 g/mol. The number of H-pyrrole nitrogens is 1. The van der Waals surface area contributed by atoms with Gasteiger partial charge in [-0.25, -0.2) is 8.78 Å². The van der Waals surface area contributed by atoms with E-state index in [1.165, 1.54) is 12.1 Å². The first-order chi connectivity index (χ1) is 9.63. The van der Waals surface area contributed by atoms with Crippen molar-refractivity contribution >= 4 is 0 Å². The number of aromatic nitrogens is 2. The van der Waals surface area contributed by atoms with Crippen molar-refractivity contribution < 1.29 is 8.78 Å². The van der Waals surface area contributed by atoms with Crippen LogP contribution in [0, 0.1) is 11.6 Å². The first kappa shape index (κ1) is 13.2. The molecule has 0 aliphatic heterocycles. The molecule has 1 fully saturated rings. The van der Waals surface area contributed by atoms with Gasteiger partial charge in [0.2, 0.25) is 0 Å². The highest BCUT2D eigenvalue weighted by Crippen LogP contribution is 2.32. The largest absolute Gasteiger partial charge is 0.328 e. The van der Waals surface area contributed by atoms with Crippen LogP contribution in [-0.2, 0) is 0 Å². The molecule has 1 aromatic carbocycles. The van der Waals surface area contributed by atoms with E-state index in [1.807, 2.05) is 6.07 Å². The van der Waals surface area contributed by atoms with Crippen molar-refractivity contribution in [1.82, 2.24) is 10.2 Å². The maximum Gasteiger partial charge on any atom is 0.159 e. The minimum atomic E-state index is -0.851. The number of nitrogens with two attached hydrogens (primary N) is 1. The van der Waals surface area contributed by atoms with Crippen molar-refractivity contribution in [3.63, 3.8) is 0 Å². The zero-order valence-electron chi connectivity index (χ0n) is 11.1. The van der Waals surface area contributed by atoms with Gasteiger partial charge in [-0.3, -0.25) is 5.10 Å². The lowest BCUT2D eigenvalue weighted by Crippen LogP contribution is -2.25. The third kappa shape index (κ3) is 2.58. The van der Waals surface area contributed by atoms with Crippen LogP contribution in [0.5, 0.6) is 0 Å². The smallest absolute Gasteiger partial charge is 0.159 e. The van der Waals surface area contributed by atoms with Crippen LogP contribution >= 0.6 is 0 Å². The number of aromatic amines is 1. The second-order valence-electron chi connectivity index (χ2n) is 5.45. The summed E-state index contributed by atoms with van der Waals surface area (Å²) in [5.74, 6) is -1.26. The Bertz CT molecular complexity index is 601. The molecule has 1 heterocycles. The molecule has 3 nitrogen and oxygen atoms in total. The van der Waals surface area contributed by atoms with E-state index in [0.29, 0.717) is 23.2 Å². The van der Waals surface area contributed by atoms with Crippen LogP contribution < -0.4 is 5.73 Å². The summed E-state index contributed by atoms with van der Waals surface area (Å²) >= 11 is 0. The Labute approximate surface area is 116 Å². The minimum absolute atomic E-state index is 0.305. The lowest BCUT2D eigenvalue weighted by Gasteiger charge is -2.24. The van der Waals surface area contributed by atoms with Gasteiger partial charge >= 0.3 is 0 Å². The summed E-state index contributed by atoms with van der Waals surface area (Å²) in [5.41, 5.74) is 8.18. The number of hydrogen-bond acceptors (Lipinski definition) is 2. The Hall–Kier alpha value is -1.75. The Kier molecular flexibility index (Phi) is 3.53. The third-order valence-electron chi connectivity index (χ3n) is 4.02. The van der Waals surface area contributed by atoms with Crippen LogP contribution in [0.15, 0.2) is 24.3 Å². The van der Waals surface area contributed by atoms with Gasteiger partial charge in [0.25, 0.3) is 0 Å². The molecular weight excluding hydrogens is 260 g/mol. The molecule has 0 radical (unpaired) electrons. The highest BCUT2D eigenvalue weighted by molar-refractivity contribution is 5.59. The Morgan fingerprint density at radius 2 is 1.80 bits per heavy atom. The molecule has 0 unspecified atom stereocenters. The molecular formula is C15H17F2N3. The van der Waals surface area contributed by atoms with Gasteiger partial charge in [-0.05, 0) is 49.9 Å². The molecule has 1 saturated carbocycles. The third-order valence-corrected chi connectivity index (χ3v) is 4.02.